The molecule has 1 N–H and O–H groups in total. The Hall–Kier alpha value is -1.46. The van der Waals surface area contributed by atoms with Crippen molar-refractivity contribution in [3.05, 3.63) is 35.6 Å². The summed E-state index contributed by atoms with van der Waals surface area (Å²) < 4.78 is 18.9. The standard InChI is InChI=1S/C15H21FN2O2/c1-15(2,18-7-9-20-10-8-18)11-17-14(19)12-5-3-4-6-13(12)16/h3-6H,7-11H2,1-2H3,(H,17,19). The average molecular weight is 280 g/mol. The fourth-order valence-electron chi connectivity index (χ4n) is 2.32. The van der Waals surface area contributed by atoms with Crippen molar-refractivity contribution in [3.8, 4) is 0 Å². The van der Waals surface area contributed by atoms with Crippen LogP contribution in [0.25, 0.3) is 0 Å². The first kappa shape index (κ1) is 14.9. The van der Waals surface area contributed by atoms with E-state index in [1.165, 1.54) is 12.1 Å². The summed E-state index contributed by atoms with van der Waals surface area (Å²) in [5.41, 5.74) is -0.0877. The van der Waals surface area contributed by atoms with Gasteiger partial charge in [0, 0.05) is 25.2 Å². The van der Waals surface area contributed by atoms with Gasteiger partial charge in [-0.15, -0.1) is 0 Å². The van der Waals surface area contributed by atoms with E-state index in [-0.39, 0.29) is 17.0 Å². The number of nitrogens with zero attached hydrogens (tertiary/aromatic N) is 1. The lowest BCUT2D eigenvalue weighted by Gasteiger charge is -2.40. The summed E-state index contributed by atoms with van der Waals surface area (Å²) in [6, 6.07) is 6.02. The average Bonchev–Trinajstić information content (AvgIpc) is 2.46. The summed E-state index contributed by atoms with van der Waals surface area (Å²) in [6.45, 7) is 7.74. The normalized spacial score (nSPS) is 16.9. The molecule has 0 bridgehead atoms. The number of carbonyl (C=O) groups is 1. The zero-order valence-electron chi connectivity index (χ0n) is 12.0. The number of benzene rings is 1. The van der Waals surface area contributed by atoms with Gasteiger partial charge in [-0.05, 0) is 26.0 Å². The van der Waals surface area contributed by atoms with Gasteiger partial charge in [0.1, 0.15) is 5.82 Å². The third-order valence-corrected chi connectivity index (χ3v) is 3.67. The monoisotopic (exact) mass is 280 g/mol. The van der Waals surface area contributed by atoms with Gasteiger partial charge in [0.05, 0.1) is 18.8 Å². The highest BCUT2D eigenvalue weighted by molar-refractivity contribution is 5.94. The molecule has 5 heteroatoms. The maximum atomic E-state index is 13.5. The topological polar surface area (TPSA) is 41.6 Å². The molecule has 1 fully saturated rings. The molecule has 1 heterocycles. The van der Waals surface area contributed by atoms with Crippen molar-refractivity contribution in [1.29, 1.82) is 0 Å². The summed E-state index contributed by atoms with van der Waals surface area (Å²) in [5.74, 6) is -0.862. The maximum absolute atomic E-state index is 13.5. The second-order valence-corrected chi connectivity index (χ2v) is 5.57. The Morgan fingerprint density at radius 2 is 2.00 bits per heavy atom. The predicted molar refractivity (Wildman–Crippen MR) is 75.2 cm³/mol. The molecule has 0 unspecified atom stereocenters. The van der Waals surface area contributed by atoms with Crippen molar-refractivity contribution in [2.45, 2.75) is 19.4 Å². The fraction of sp³-hybridized carbons (Fsp3) is 0.533. The summed E-state index contributed by atoms with van der Waals surface area (Å²) in [5, 5.41) is 2.82. The predicted octanol–water partition coefficient (Wildman–Crippen LogP) is 1.67. The third-order valence-electron chi connectivity index (χ3n) is 3.67. The molecule has 0 aromatic heterocycles. The summed E-state index contributed by atoms with van der Waals surface area (Å²) >= 11 is 0. The first-order valence-electron chi connectivity index (χ1n) is 6.86. The highest BCUT2D eigenvalue weighted by Crippen LogP contribution is 2.15. The molecule has 4 nitrogen and oxygen atoms in total. The summed E-state index contributed by atoms with van der Waals surface area (Å²) in [4.78, 5) is 14.3. The zero-order chi connectivity index (χ0) is 14.6. The number of halogens is 1. The van der Waals surface area contributed by atoms with E-state index in [4.69, 9.17) is 4.74 Å². The third kappa shape index (κ3) is 3.55. The second-order valence-electron chi connectivity index (χ2n) is 5.57. The van der Waals surface area contributed by atoms with Crippen LogP contribution >= 0.6 is 0 Å². The van der Waals surface area contributed by atoms with Crippen molar-refractivity contribution in [3.63, 3.8) is 0 Å². The van der Waals surface area contributed by atoms with Gasteiger partial charge < -0.3 is 10.1 Å². The van der Waals surface area contributed by atoms with Gasteiger partial charge in [-0.25, -0.2) is 4.39 Å². The molecule has 0 aliphatic carbocycles. The largest absolute Gasteiger partial charge is 0.379 e. The molecular weight excluding hydrogens is 259 g/mol. The van der Waals surface area contributed by atoms with Crippen LogP contribution in [0.15, 0.2) is 24.3 Å². The van der Waals surface area contributed by atoms with Crippen molar-refractivity contribution in [1.82, 2.24) is 10.2 Å². The minimum atomic E-state index is -0.492. The highest BCUT2D eigenvalue weighted by atomic mass is 19.1. The minimum absolute atomic E-state index is 0.0882. The van der Waals surface area contributed by atoms with Gasteiger partial charge in [0.25, 0.3) is 5.91 Å². The number of carbonyl (C=O) groups excluding carboxylic acids is 1. The number of ether oxygens (including phenoxy) is 1. The van der Waals surface area contributed by atoms with Crippen LogP contribution in [0.4, 0.5) is 4.39 Å². The summed E-state index contributed by atoms with van der Waals surface area (Å²) in [7, 11) is 0. The quantitative estimate of drug-likeness (QED) is 0.912. The molecular formula is C15H21FN2O2. The van der Waals surface area contributed by atoms with E-state index >= 15 is 0 Å². The van der Waals surface area contributed by atoms with Crippen molar-refractivity contribution >= 4 is 5.91 Å². The van der Waals surface area contributed by atoms with E-state index in [1.54, 1.807) is 12.1 Å². The molecule has 0 atom stereocenters. The minimum Gasteiger partial charge on any atom is -0.379 e. The lowest BCUT2D eigenvalue weighted by Crippen LogP contribution is -2.55. The van der Waals surface area contributed by atoms with Crippen LogP contribution in [0, 0.1) is 5.82 Å². The number of amides is 1. The summed E-state index contributed by atoms with van der Waals surface area (Å²) in [6.07, 6.45) is 0. The molecule has 20 heavy (non-hydrogen) atoms. The van der Waals surface area contributed by atoms with Crippen LogP contribution in [0.5, 0.6) is 0 Å². The van der Waals surface area contributed by atoms with Gasteiger partial charge in [0.15, 0.2) is 0 Å². The number of nitrogens with one attached hydrogen (secondary N) is 1. The molecule has 1 aliphatic heterocycles. The highest BCUT2D eigenvalue weighted by Gasteiger charge is 2.28. The Morgan fingerprint density at radius 3 is 2.65 bits per heavy atom. The zero-order valence-corrected chi connectivity index (χ0v) is 12.0. The van der Waals surface area contributed by atoms with Crippen LogP contribution in [-0.4, -0.2) is 49.2 Å². The van der Waals surface area contributed by atoms with Gasteiger partial charge in [-0.1, -0.05) is 12.1 Å². The van der Waals surface area contributed by atoms with Crippen LogP contribution in [0.1, 0.15) is 24.2 Å². The molecule has 0 saturated carbocycles. The van der Waals surface area contributed by atoms with Gasteiger partial charge in [-0.2, -0.15) is 0 Å². The van der Waals surface area contributed by atoms with Crippen molar-refractivity contribution in [2.24, 2.45) is 0 Å². The Kier molecular flexibility index (Phi) is 4.73. The lowest BCUT2D eigenvalue weighted by molar-refractivity contribution is -0.00924. The van der Waals surface area contributed by atoms with Crippen LogP contribution in [-0.2, 0) is 4.74 Å². The molecule has 0 radical (unpaired) electrons. The first-order chi connectivity index (χ1) is 9.50. The molecule has 2 rings (SSSR count). The molecule has 1 amide bonds. The number of morpholine rings is 1. The number of hydrogen-bond donors (Lipinski definition) is 1. The van der Waals surface area contributed by atoms with Crippen molar-refractivity contribution < 1.29 is 13.9 Å². The van der Waals surface area contributed by atoms with E-state index in [0.717, 1.165) is 13.1 Å². The van der Waals surface area contributed by atoms with E-state index < -0.39 is 5.82 Å². The smallest absolute Gasteiger partial charge is 0.254 e. The molecule has 110 valence electrons. The Bertz CT molecular complexity index is 471. The molecule has 1 aromatic rings. The Morgan fingerprint density at radius 1 is 1.35 bits per heavy atom. The van der Waals surface area contributed by atoms with Gasteiger partial charge in [-0.3, -0.25) is 9.69 Å². The Labute approximate surface area is 118 Å². The van der Waals surface area contributed by atoms with Gasteiger partial charge in [0.2, 0.25) is 0 Å². The molecule has 1 aromatic carbocycles. The maximum Gasteiger partial charge on any atom is 0.254 e. The van der Waals surface area contributed by atoms with E-state index in [1.807, 2.05) is 0 Å². The SMILES string of the molecule is CC(C)(CNC(=O)c1ccccc1F)N1CCOCC1. The first-order valence-corrected chi connectivity index (χ1v) is 6.86. The molecule has 1 saturated heterocycles. The molecule has 0 spiro atoms. The second kappa shape index (κ2) is 6.33. The number of rotatable bonds is 4. The van der Waals surface area contributed by atoms with E-state index in [9.17, 15) is 9.18 Å². The van der Waals surface area contributed by atoms with Crippen LogP contribution in [0.2, 0.25) is 0 Å². The Balaban J connectivity index is 1.94. The lowest BCUT2D eigenvalue weighted by atomic mass is 10.0. The van der Waals surface area contributed by atoms with Crippen molar-refractivity contribution in [2.75, 3.05) is 32.8 Å². The fourth-order valence-corrected chi connectivity index (χ4v) is 2.32. The van der Waals surface area contributed by atoms with Crippen LogP contribution in [0.3, 0.4) is 0 Å². The number of hydrogen-bond acceptors (Lipinski definition) is 3. The molecule has 1 aliphatic rings. The van der Waals surface area contributed by atoms with Gasteiger partial charge >= 0.3 is 0 Å². The van der Waals surface area contributed by atoms with E-state index in [2.05, 4.69) is 24.1 Å². The van der Waals surface area contributed by atoms with E-state index in [0.29, 0.717) is 19.8 Å². The van der Waals surface area contributed by atoms with Crippen LogP contribution < -0.4 is 5.32 Å².